The highest BCUT2D eigenvalue weighted by Gasteiger charge is 2.38. The Labute approximate surface area is 144 Å². The van der Waals surface area contributed by atoms with Crippen molar-refractivity contribution in [2.75, 3.05) is 0 Å². The van der Waals surface area contributed by atoms with Gasteiger partial charge in [-0.2, -0.15) is 4.98 Å². The van der Waals surface area contributed by atoms with E-state index < -0.39 is 15.1 Å². The Kier molecular flexibility index (Phi) is 3.40. The average molecular weight is 363 g/mol. The normalized spacial score (nSPS) is 17.4. The van der Waals surface area contributed by atoms with Crippen molar-refractivity contribution in [1.29, 1.82) is 0 Å². The number of sulfone groups is 1. The van der Waals surface area contributed by atoms with E-state index in [0.29, 0.717) is 23.6 Å². The van der Waals surface area contributed by atoms with E-state index in [0.717, 1.165) is 22.5 Å². The lowest BCUT2D eigenvalue weighted by atomic mass is 10.1. The van der Waals surface area contributed by atoms with Crippen molar-refractivity contribution in [3.8, 4) is 0 Å². The third-order valence-electron chi connectivity index (χ3n) is 4.39. The van der Waals surface area contributed by atoms with Gasteiger partial charge in [0.15, 0.2) is 0 Å². The Balaban J connectivity index is 1.86. The van der Waals surface area contributed by atoms with Crippen molar-refractivity contribution in [3.05, 3.63) is 51.8 Å². The molecule has 1 aliphatic carbocycles. The molecule has 24 heavy (non-hydrogen) atoms. The Morgan fingerprint density at radius 2 is 2.04 bits per heavy atom. The molecule has 0 saturated carbocycles. The van der Waals surface area contributed by atoms with Gasteiger partial charge in [0.05, 0.1) is 5.25 Å². The fourth-order valence-electron chi connectivity index (χ4n) is 3.29. The van der Waals surface area contributed by atoms with Crippen LogP contribution in [0.4, 0.5) is 0 Å². The molecule has 0 aliphatic heterocycles. The zero-order valence-electron chi connectivity index (χ0n) is 13.2. The van der Waals surface area contributed by atoms with Gasteiger partial charge in [-0.15, -0.1) is 5.10 Å². The van der Waals surface area contributed by atoms with Crippen LogP contribution in [0.1, 0.15) is 34.2 Å². The molecule has 2 aromatic heterocycles. The molecule has 2 heterocycles. The topological polar surface area (TPSA) is 77.2 Å². The fourth-order valence-corrected chi connectivity index (χ4v) is 5.21. The maximum atomic E-state index is 13.1. The number of aromatic nitrogens is 4. The molecule has 0 radical (unpaired) electrons. The van der Waals surface area contributed by atoms with Crippen LogP contribution in [0.15, 0.2) is 29.4 Å². The predicted octanol–water partition coefficient (Wildman–Crippen LogP) is 2.86. The van der Waals surface area contributed by atoms with Gasteiger partial charge in [-0.3, -0.25) is 0 Å². The number of aryl methyl sites for hydroxylation is 2. The van der Waals surface area contributed by atoms with Gasteiger partial charge in [-0.1, -0.05) is 23.7 Å². The van der Waals surface area contributed by atoms with Crippen LogP contribution >= 0.6 is 11.6 Å². The number of hydrogen-bond acceptors (Lipinski definition) is 5. The molecular formula is C16H15ClN4O2S. The van der Waals surface area contributed by atoms with E-state index in [1.54, 1.807) is 12.1 Å². The van der Waals surface area contributed by atoms with Crippen LogP contribution in [0, 0.1) is 13.8 Å². The maximum Gasteiger partial charge on any atom is 0.269 e. The first-order valence-corrected chi connectivity index (χ1v) is 9.52. The Morgan fingerprint density at radius 1 is 1.25 bits per heavy atom. The summed E-state index contributed by atoms with van der Waals surface area (Å²) in [5, 5.41) is 3.96. The van der Waals surface area contributed by atoms with Crippen LogP contribution in [0.25, 0.3) is 5.78 Å². The first-order valence-electron chi connectivity index (χ1n) is 7.60. The second-order valence-corrected chi connectivity index (χ2v) is 8.46. The highest BCUT2D eigenvalue weighted by molar-refractivity contribution is 7.91. The molecule has 1 atom stereocenters. The average Bonchev–Trinajstić information content (AvgIpc) is 3.12. The van der Waals surface area contributed by atoms with E-state index in [9.17, 15) is 8.42 Å². The summed E-state index contributed by atoms with van der Waals surface area (Å²) in [5.41, 5.74) is 3.22. The number of halogens is 1. The summed E-state index contributed by atoms with van der Waals surface area (Å²) in [5.74, 6) is 0.301. The summed E-state index contributed by atoms with van der Waals surface area (Å²) in [6.45, 7) is 3.68. The first kappa shape index (κ1) is 15.5. The smallest absolute Gasteiger partial charge is 0.220 e. The highest BCUT2D eigenvalue weighted by atomic mass is 35.5. The van der Waals surface area contributed by atoms with Gasteiger partial charge in [-0.05, 0) is 49.9 Å². The van der Waals surface area contributed by atoms with Crippen LogP contribution in [0.3, 0.4) is 0 Å². The monoisotopic (exact) mass is 362 g/mol. The second kappa shape index (κ2) is 5.26. The third kappa shape index (κ3) is 2.22. The molecule has 8 heteroatoms. The number of benzene rings is 1. The molecule has 0 bridgehead atoms. The van der Waals surface area contributed by atoms with Crippen LogP contribution < -0.4 is 0 Å². The molecule has 0 N–H and O–H groups in total. The van der Waals surface area contributed by atoms with Gasteiger partial charge < -0.3 is 0 Å². The largest absolute Gasteiger partial charge is 0.269 e. The van der Waals surface area contributed by atoms with Crippen molar-refractivity contribution in [2.45, 2.75) is 37.1 Å². The lowest BCUT2D eigenvalue weighted by Crippen LogP contribution is -2.13. The minimum absolute atomic E-state index is 0.179. The molecule has 0 fully saturated rings. The van der Waals surface area contributed by atoms with Crippen LogP contribution in [-0.4, -0.2) is 28.0 Å². The predicted molar refractivity (Wildman–Crippen MR) is 90.0 cm³/mol. The van der Waals surface area contributed by atoms with Gasteiger partial charge in [0.25, 0.3) is 10.9 Å². The summed E-state index contributed by atoms with van der Waals surface area (Å²) in [6, 6.07) is 7.22. The fraction of sp³-hybridized carbons (Fsp3) is 0.312. The van der Waals surface area contributed by atoms with Crippen LogP contribution in [0.5, 0.6) is 0 Å². The van der Waals surface area contributed by atoms with Crippen molar-refractivity contribution in [2.24, 2.45) is 0 Å². The van der Waals surface area contributed by atoms with Crippen LogP contribution in [0.2, 0.25) is 5.02 Å². The van der Waals surface area contributed by atoms with Crippen molar-refractivity contribution in [1.82, 2.24) is 19.6 Å². The van der Waals surface area contributed by atoms with E-state index >= 15 is 0 Å². The van der Waals surface area contributed by atoms with Gasteiger partial charge in [-0.25, -0.2) is 17.9 Å². The summed E-state index contributed by atoms with van der Waals surface area (Å²) in [6.07, 6.45) is 1.13. The zero-order chi connectivity index (χ0) is 17.1. The number of hydrogen-bond donors (Lipinski definition) is 0. The van der Waals surface area contributed by atoms with Crippen molar-refractivity contribution in [3.63, 3.8) is 0 Å². The standard InChI is InChI=1S/C16H15ClN4O2S/c1-9-8-10(2)21-15(18-9)19-16(20-21)24(22,23)14-7-6-11-12(14)4-3-5-13(11)17/h3-5,8,14H,6-7H2,1-2H3. The van der Waals surface area contributed by atoms with E-state index in [1.165, 1.54) is 4.52 Å². The third-order valence-corrected chi connectivity index (χ3v) is 6.66. The zero-order valence-corrected chi connectivity index (χ0v) is 14.8. The van der Waals surface area contributed by atoms with Crippen LogP contribution in [-0.2, 0) is 16.3 Å². The maximum absolute atomic E-state index is 13.1. The number of rotatable bonds is 2. The van der Waals surface area contributed by atoms with E-state index in [-0.39, 0.29) is 5.16 Å². The van der Waals surface area contributed by atoms with Gasteiger partial charge >= 0.3 is 0 Å². The lowest BCUT2D eigenvalue weighted by molar-refractivity contribution is 0.571. The van der Waals surface area contributed by atoms with E-state index in [1.807, 2.05) is 26.0 Å². The molecule has 6 nitrogen and oxygen atoms in total. The highest BCUT2D eigenvalue weighted by Crippen LogP contribution is 2.42. The number of fused-ring (bicyclic) bond motifs is 2. The Bertz CT molecular complexity index is 1080. The number of nitrogens with zero attached hydrogens (tertiary/aromatic N) is 4. The molecule has 1 aliphatic rings. The first-order chi connectivity index (χ1) is 11.4. The van der Waals surface area contributed by atoms with E-state index in [4.69, 9.17) is 11.6 Å². The van der Waals surface area contributed by atoms with Gasteiger partial charge in [0, 0.05) is 16.4 Å². The Hall–Kier alpha value is -1.99. The SMILES string of the molecule is Cc1cc(C)n2nc(S(=O)(=O)C3CCc4c(Cl)cccc43)nc2n1. The second-order valence-electron chi connectivity index (χ2n) is 6.03. The Morgan fingerprint density at radius 3 is 2.83 bits per heavy atom. The molecule has 3 aromatic rings. The van der Waals surface area contributed by atoms with Crippen molar-refractivity contribution >= 4 is 27.2 Å². The molecule has 0 spiro atoms. The molecule has 4 rings (SSSR count). The molecule has 1 unspecified atom stereocenters. The van der Waals surface area contributed by atoms with Gasteiger partial charge in [0.1, 0.15) is 0 Å². The minimum atomic E-state index is -3.70. The molecular weight excluding hydrogens is 348 g/mol. The summed E-state index contributed by atoms with van der Waals surface area (Å²) < 4.78 is 27.6. The summed E-state index contributed by atoms with van der Waals surface area (Å²) in [4.78, 5) is 8.43. The minimum Gasteiger partial charge on any atom is -0.220 e. The molecule has 124 valence electrons. The van der Waals surface area contributed by atoms with E-state index in [2.05, 4.69) is 15.1 Å². The lowest BCUT2D eigenvalue weighted by Gasteiger charge is -2.10. The quantitative estimate of drug-likeness (QED) is 0.700. The summed E-state index contributed by atoms with van der Waals surface area (Å²) >= 11 is 6.19. The van der Waals surface area contributed by atoms with Gasteiger partial charge in [0.2, 0.25) is 9.84 Å². The molecule has 0 amide bonds. The van der Waals surface area contributed by atoms with Crippen molar-refractivity contribution < 1.29 is 8.42 Å². The molecule has 1 aromatic carbocycles. The summed E-state index contributed by atoms with van der Waals surface area (Å²) in [7, 11) is -3.70. The molecule has 0 saturated heterocycles.